The highest BCUT2D eigenvalue weighted by Crippen LogP contribution is 2.26. The molecule has 2 unspecified atom stereocenters. The highest BCUT2D eigenvalue weighted by atomic mass is 35.5. The monoisotopic (exact) mass is 431 g/mol. The molecule has 1 fully saturated rings. The number of piperidine rings is 1. The molecule has 8 heteroatoms. The number of rotatable bonds is 7. The van der Waals surface area contributed by atoms with E-state index in [1.807, 2.05) is 13.8 Å². The third-order valence-electron chi connectivity index (χ3n) is 5.60. The number of hydrogen-bond donors (Lipinski definition) is 2. The maximum Gasteiger partial charge on any atom is 0.251 e. The Hall–Kier alpha value is -1.15. The van der Waals surface area contributed by atoms with Crippen molar-refractivity contribution < 1.29 is 13.2 Å². The lowest BCUT2D eigenvalue weighted by molar-refractivity contribution is 0.0942. The molecular formula is C20H34ClN3O3S. The molecule has 0 aliphatic carbocycles. The number of sulfonamides is 1. The first kappa shape index (κ1) is 24.9. The number of halogens is 1. The van der Waals surface area contributed by atoms with Gasteiger partial charge in [-0.25, -0.2) is 8.42 Å². The van der Waals surface area contributed by atoms with Gasteiger partial charge in [0.2, 0.25) is 10.0 Å². The molecule has 160 valence electrons. The van der Waals surface area contributed by atoms with Gasteiger partial charge in [-0.2, -0.15) is 4.31 Å². The van der Waals surface area contributed by atoms with E-state index in [4.69, 9.17) is 5.73 Å². The minimum absolute atomic E-state index is 0. The van der Waals surface area contributed by atoms with Crippen molar-refractivity contribution in [2.45, 2.75) is 57.4 Å². The van der Waals surface area contributed by atoms with Crippen molar-refractivity contribution in [1.29, 1.82) is 0 Å². The average molecular weight is 432 g/mol. The van der Waals surface area contributed by atoms with Crippen LogP contribution in [0.3, 0.4) is 0 Å². The van der Waals surface area contributed by atoms with E-state index in [1.54, 1.807) is 16.4 Å². The van der Waals surface area contributed by atoms with Crippen molar-refractivity contribution >= 4 is 28.3 Å². The maximum absolute atomic E-state index is 12.9. The van der Waals surface area contributed by atoms with Crippen molar-refractivity contribution in [2.24, 2.45) is 17.6 Å². The summed E-state index contributed by atoms with van der Waals surface area (Å²) in [5.74, 6) is 0.459. The summed E-state index contributed by atoms with van der Waals surface area (Å²) in [5, 5.41) is 2.85. The van der Waals surface area contributed by atoms with Crippen LogP contribution in [0.2, 0.25) is 0 Å². The summed E-state index contributed by atoms with van der Waals surface area (Å²) in [7, 11) is -3.53. The summed E-state index contributed by atoms with van der Waals surface area (Å²) in [6.45, 7) is 9.63. The molecule has 0 radical (unpaired) electrons. The lowest BCUT2D eigenvalue weighted by atomic mass is 9.94. The van der Waals surface area contributed by atoms with Gasteiger partial charge in [0.1, 0.15) is 0 Å². The van der Waals surface area contributed by atoms with Crippen LogP contribution in [-0.4, -0.2) is 43.8 Å². The zero-order valence-corrected chi connectivity index (χ0v) is 18.9. The van der Waals surface area contributed by atoms with Gasteiger partial charge in [0.05, 0.1) is 4.90 Å². The first-order chi connectivity index (χ1) is 12.6. The Balaban J connectivity index is 0.00000392. The molecule has 2 rings (SSSR count). The Morgan fingerprint density at radius 2 is 1.64 bits per heavy atom. The van der Waals surface area contributed by atoms with Crippen molar-refractivity contribution in [2.75, 3.05) is 19.6 Å². The number of carbonyl (C=O) groups is 1. The molecule has 6 nitrogen and oxygen atoms in total. The Morgan fingerprint density at radius 1 is 1.14 bits per heavy atom. The van der Waals surface area contributed by atoms with E-state index in [0.717, 1.165) is 19.3 Å². The van der Waals surface area contributed by atoms with E-state index in [2.05, 4.69) is 19.2 Å². The van der Waals surface area contributed by atoms with Gasteiger partial charge in [0.25, 0.3) is 5.91 Å². The summed E-state index contributed by atoms with van der Waals surface area (Å²) in [4.78, 5) is 12.6. The van der Waals surface area contributed by atoms with Gasteiger partial charge in [-0.1, -0.05) is 27.7 Å². The predicted molar refractivity (Wildman–Crippen MR) is 115 cm³/mol. The minimum Gasteiger partial charge on any atom is -0.350 e. The Morgan fingerprint density at radius 3 is 2.11 bits per heavy atom. The lowest BCUT2D eigenvalue weighted by Gasteiger charge is -2.34. The van der Waals surface area contributed by atoms with Crippen LogP contribution in [-0.2, 0) is 10.0 Å². The summed E-state index contributed by atoms with van der Waals surface area (Å²) in [5.41, 5.74) is 6.23. The molecule has 3 N–H and O–H groups in total. The number of hydrogen-bond acceptors (Lipinski definition) is 4. The summed E-state index contributed by atoms with van der Waals surface area (Å²) < 4.78 is 27.4. The van der Waals surface area contributed by atoms with Gasteiger partial charge in [0, 0.05) is 30.7 Å². The third-order valence-corrected chi connectivity index (χ3v) is 7.44. The SMILES string of the molecule is CCC(N)(CC)CNC(=O)c1ccc(S(=O)(=O)N2CC(C)CC(C)C2)cc1.Cl. The van der Waals surface area contributed by atoms with Gasteiger partial charge in [-0.05, 0) is 55.4 Å². The van der Waals surface area contributed by atoms with Crippen molar-refractivity contribution in [3.05, 3.63) is 29.8 Å². The van der Waals surface area contributed by atoms with Gasteiger partial charge in [-0.15, -0.1) is 12.4 Å². The van der Waals surface area contributed by atoms with E-state index in [9.17, 15) is 13.2 Å². The van der Waals surface area contributed by atoms with E-state index >= 15 is 0 Å². The second-order valence-corrected chi connectivity index (χ2v) is 9.98. The molecule has 0 bridgehead atoms. The molecular weight excluding hydrogens is 398 g/mol. The minimum atomic E-state index is -3.53. The van der Waals surface area contributed by atoms with Crippen LogP contribution in [0, 0.1) is 11.8 Å². The highest BCUT2D eigenvalue weighted by Gasteiger charge is 2.31. The maximum atomic E-state index is 12.9. The number of nitrogens with two attached hydrogens (primary N) is 1. The standard InChI is InChI=1S/C20H33N3O3S.ClH/c1-5-20(21,6-2)14-22-19(24)17-7-9-18(10-8-17)27(25,26)23-12-15(3)11-16(4)13-23;/h7-10,15-16H,5-6,11-14,21H2,1-4H3,(H,22,24);1H. The highest BCUT2D eigenvalue weighted by molar-refractivity contribution is 7.89. The smallest absolute Gasteiger partial charge is 0.251 e. The van der Waals surface area contributed by atoms with Crippen LogP contribution in [0.4, 0.5) is 0 Å². The molecule has 0 aromatic heterocycles. The summed E-state index contributed by atoms with van der Waals surface area (Å²) in [6, 6.07) is 6.16. The van der Waals surface area contributed by atoms with E-state index < -0.39 is 15.6 Å². The first-order valence-corrected chi connectivity index (χ1v) is 11.2. The van der Waals surface area contributed by atoms with Crippen LogP contribution in [0.1, 0.15) is 57.3 Å². The summed E-state index contributed by atoms with van der Waals surface area (Å²) in [6.07, 6.45) is 2.59. The van der Waals surface area contributed by atoms with Gasteiger partial charge >= 0.3 is 0 Å². The molecule has 0 saturated carbocycles. The number of benzene rings is 1. The van der Waals surface area contributed by atoms with Crippen molar-refractivity contribution in [3.8, 4) is 0 Å². The molecule has 1 aromatic rings. The largest absolute Gasteiger partial charge is 0.350 e. The molecule has 0 spiro atoms. The fraction of sp³-hybridized carbons (Fsp3) is 0.650. The zero-order valence-electron chi connectivity index (χ0n) is 17.3. The van der Waals surface area contributed by atoms with Crippen LogP contribution in [0.25, 0.3) is 0 Å². The Labute approximate surface area is 175 Å². The van der Waals surface area contributed by atoms with E-state index in [-0.39, 0.29) is 23.2 Å². The normalized spacial score (nSPS) is 21.0. The second-order valence-electron chi connectivity index (χ2n) is 8.04. The summed E-state index contributed by atoms with van der Waals surface area (Å²) >= 11 is 0. The molecule has 1 saturated heterocycles. The number of nitrogens with one attached hydrogen (secondary N) is 1. The quantitative estimate of drug-likeness (QED) is 0.693. The Kier molecular flexibility index (Phi) is 8.93. The van der Waals surface area contributed by atoms with Gasteiger partial charge in [-0.3, -0.25) is 4.79 Å². The molecule has 1 heterocycles. The molecule has 1 aliphatic rings. The fourth-order valence-electron chi connectivity index (χ4n) is 3.59. The first-order valence-electron chi connectivity index (χ1n) is 9.78. The molecule has 1 amide bonds. The van der Waals surface area contributed by atoms with E-state index in [0.29, 0.717) is 37.0 Å². The molecule has 1 aliphatic heterocycles. The van der Waals surface area contributed by atoms with Crippen LogP contribution in [0.5, 0.6) is 0 Å². The van der Waals surface area contributed by atoms with Crippen LogP contribution < -0.4 is 11.1 Å². The topological polar surface area (TPSA) is 92.5 Å². The van der Waals surface area contributed by atoms with Crippen molar-refractivity contribution in [1.82, 2.24) is 9.62 Å². The number of carbonyl (C=O) groups excluding carboxylic acids is 1. The molecule has 2 atom stereocenters. The zero-order chi connectivity index (χ0) is 20.2. The van der Waals surface area contributed by atoms with Crippen LogP contribution in [0.15, 0.2) is 29.2 Å². The van der Waals surface area contributed by atoms with Gasteiger partial charge in [0.15, 0.2) is 0 Å². The fourth-order valence-corrected chi connectivity index (χ4v) is 5.27. The molecule has 28 heavy (non-hydrogen) atoms. The second kappa shape index (κ2) is 10.1. The van der Waals surface area contributed by atoms with Crippen molar-refractivity contribution in [3.63, 3.8) is 0 Å². The number of nitrogens with zero attached hydrogens (tertiary/aromatic N) is 1. The predicted octanol–water partition coefficient (Wildman–Crippen LogP) is 3.02. The Bertz CT molecular complexity index is 738. The average Bonchev–Trinajstić information content (AvgIpc) is 2.65. The number of amides is 1. The van der Waals surface area contributed by atoms with Gasteiger partial charge < -0.3 is 11.1 Å². The van der Waals surface area contributed by atoms with Crippen LogP contribution >= 0.6 is 12.4 Å². The van der Waals surface area contributed by atoms with E-state index in [1.165, 1.54) is 12.1 Å². The third kappa shape index (κ3) is 5.92. The molecule has 1 aromatic carbocycles. The lowest BCUT2D eigenvalue weighted by Crippen LogP contribution is -2.49.